The van der Waals surface area contributed by atoms with E-state index in [4.69, 9.17) is 0 Å². The molecule has 1 aromatic heterocycles. The highest BCUT2D eigenvalue weighted by Gasteiger charge is 2.26. The van der Waals surface area contributed by atoms with Crippen LogP contribution in [0, 0.1) is 5.92 Å². The van der Waals surface area contributed by atoms with Gasteiger partial charge in [-0.15, -0.1) is 0 Å². The van der Waals surface area contributed by atoms with Crippen LogP contribution < -0.4 is 0 Å². The molecule has 0 saturated carbocycles. The minimum atomic E-state index is -0.938. The van der Waals surface area contributed by atoms with E-state index >= 15 is 0 Å². The van der Waals surface area contributed by atoms with E-state index in [1.807, 2.05) is 48.7 Å². The topological polar surface area (TPSA) is 73.3 Å². The summed E-state index contributed by atoms with van der Waals surface area (Å²) >= 11 is 0. The van der Waals surface area contributed by atoms with Crippen molar-refractivity contribution in [2.24, 2.45) is 5.92 Å². The van der Waals surface area contributed by atoms with Crippen LogP contribution in [0.2, 0.25) is 0 Å². The van der Waals surface area contributed by atoms with Crippen molar-refractivity contribution in [1.29, 1.82) is 0 Å². The predicted octanol–water partition coefficient (Wildman–Crippen LogP) is 5.46. The number of fused-ring (bicyclic) bond motifs is 1. The molecule has 0 saturated heterocycles. The average molecular weight is 414 g/mol. The fourth-order valence-corrected chi connectivity index (χ4v) is 4.14. The first-order valence-corrected chi connectivity index (χ1v) is 10.7. The van der Waals surface area contributed by atoms with E-state index in [0.29, 0.717) is 25.7 Å². The number of rotatable bonds is 9. The van der Waals surface area contributed by atoms with Gasteiger partial charge in [0.2, 0.25) is 0 Å². The molecule has 0 fully saturated rings. The molecule has 0 aliphatic rings. The quantitative estimate of drug-likeness (QED) is 0.341. The van der Waals surface area contributed by atoms with Crippen LogP contribution in [-0.4, -0.2) is 27.3 Å². The molecule has 4 nitrogen and oxygen atoms in total. The van der Waals surface area contributed by atoms with Crippen molar-refractivity contribution in [1.82, 2.24) is 4.98 Å². The van der Waals surface area contributed by atoms with Crippen LogP contribution in [0.15, 0.2) is 85.1 Å². The summed E-state index contributed by atoms with van der Waals surface area (Å²) in [6.45, 7) is 0. The Bertz CT molecular complexity index is 1130. The van der Waals surface area contributed by atoms with E-state index < -0.39 is 18.0 Å². The summed E-state index contributed by atoms with van der Waals surface area (Å²) in [5, 5.41) is 21.4. The minimum Gasteiger partial charge on any atom is -0.481 e. The normalized spacial score (nSPS) is 13.2. The monoisotopic (exact) mass is 413 g/mol. The van der Waals surface area contributed by atoms with Gasteiger partial charge in [0.25, 0.3) is 0 Å². The van der Waals surface area contributed by atoms with E-state index in [0.717, 1.165) is 33.2 Å². The van der Waals surface area contributed by atoms with Crippen molar-refractivity contribution < 1.29 is 15.0 Å². The number of hydrogen-bond donors (Lipinski definition) is 3. The van der Waals surface area contributed by atoms with Gasteiger partial charge in [-0.25, -0.2) is 0 Å². The summed E-state index contributed by atoms with van der Waals surface area (Å²) in [5.41, 5.74) is 5.54. The molecule has 0 radical (unpaired) electrons. The van der Waals surface area contributed by atoms with Crippen LogP contribution in [0.4, 0.5) is 0 Å². The number of benzene rings is 3. The molecule has 0 amide bonds. The summed E-state index contributed by atoms with van der Waals surface area (Å²) < 4.78 is 0. The number of aromatic nitrogens is 1. The molecule has 0 aliphatic carbocycles. The molecule has 0 bridgehead atoms. The fraction of sp³-hybridized carbons (Fsp3) is 0.222. The van der Waals surface area contributed by atoms with E-state index in [1.165, 1.54) is 0 Å². The lowest BCUT2D eigenvalue weighted by atomic mass is 9.90. The summed E-state index contributed by atoms with van der Waals surface area (Å²) in [5.74, 6) is -1.72. The van der Waals surface area contributed by atoms with E-state index in [9.17, 15) is 15.0 Å². The second kappa shape index (κ2) is 9.63. The number of carboxylic acids is 1. The molecule has 1 heterocycles. The number of nitrogens with one attached hydrogen (secondary N) is 1. The van der Waals surface area contributed by atoms with Gasteiger partial charge in [-0.2, -0.15) is 0 Å². The molecule has 2 atom stereocenters. The van der Waals surface area contributed by atoms with Crippen LogP contribution in [0.5, 0.6) is 0 Å². The van der Waals surface area contributed by atoms with Crippen molar-refractivity contribution >= 4 is 16.9 Å². The number of aryl methyl sites for hydroxylation is 2. The van der Waals surface area contributed by atoms with Crippen LogP contribution in [-0.2, 0) is 17.6 Å². The lowest BCUT2D eigenvalue weighted by Gasteiger charge is -2.19. The first kappa shape index (κ1) is 20.9. The van der Waals surface area contributed by atoms with Crippen molar-refractivity contribution in [2.75, 3.05) is 0 Å². The molecule has 4 aromatic rings. The summed E-state index contributed by atoms with van der Waals surface area (Å²) in [6, 6.07) is 26.4. The van der Waals surface area contributed by atoms with Crippen LogP contribution >= 0.6 is 0 Å². The first-order valence-electron chi connectivity index (χ1n) is 10.7. The van der Waals surface area contributed by atoms with E-state index in [2.05, 4.69) is 41.4 Å². The Kier molecular flexibility index (Phi) is 6.48. The second-order valence-electron chi connectivity index (χ2n) is 8.01. The molecule has 158 valence electrons. The molecule has 3 aromatic carbocycles. The van der Waals surface area contributed by atoms with Gasteiger partial charge in [0, 0.05) is 17.1 Å². The highest BCUT2D eigenvalue weighted by atomic mass is 16.4. The molecule has 0 spiro atoms. The average Bonchev–Trinajstić information content (AvgIpc) is 3.22. The molecule has 31 heavy (non-hydrogen) atoms. The van der Waals surface area contributed by atoms with Gasteiger partial charge in [0.15, 0.2) is 0 Å². The molecule has 4 rings (SSSR count). The lowest BCUT2D eigenvalue weighted by molar-refractivity contribution is -0.146. The smallest absolute Gasteiger partial charge is 0.309 e. The highest BCUT2D eigenvalue weighted by Crippen LogP contribution is 2.24. The number of aliphatic hydroxyl groups excluding tert-OH is 1. The fourth-order valence-electron chi connectivity index (χ4n) is 4.14. The van der Waals surface area contributed by atoms with Crippen molar-refractivity contribution in [3.63, 3.8) is 0 Å². The number of carboxylic acid groups (broad SMARTS) is 1. The Morgan fingerprint density at radius 2 is 1.48 bits per heavy atom. The first-order chi connectivity index (χ1) is 15.1. The predicted molar refractivity (Wildman–Crippen MR) is 124 cm³/mol. The van der Waals surface area contributed by atoms with Gasteiger partial charge >= 0.3 is 5.97 Å². The van der Waals surface area contributed by atoms with Crippen molar-refractivity contribution in [2.45, 2.75) is 31.8 Å². The van der Waals surface area contributed by atoms with Crippen LogP contribution in [0.3, 0.4) is 0 Å². The lowest BCUT2D eigenvalue weighted by Crippen LogP contribution is -2.29. The Balaban J connectivity index is 1.35. The summed E-state index contributed by atoms with van der Waals surface area (Å²) in [4.78, 5) is 15.0. The molecule has 0 aliphatic heterocycles. The van der Waals surface area contributed by atoms with Crippen molar-refractivity contribution in [3.8, 4) is 11.1 Å². The number of aliphatic hydroxyl groups is 1. The number of aliphatic carboxylic acids is 1. The number of carbonyl (C=O) groups is 1. The Morgan fingerprint density at radius 3 is 2.23 bits per heavy atom. The SMILES string of the molecule is O=C(O)C(CCc1c[nH]c2ccccc12)C(O)CCc1ccc(-c2ccccc2)cc1. The Morgan fingerprint density at radius 1 is 0.806 bits per heavy atom. The number of para-hydroxylation sites is 1. The third kappa shape index (κ3) is 5.04. The van der Waals surface area contributed by atoms with Gasteiger partial charge in [0.05, 0.1) is 12.0 Å². The number of hydrogen-bond acceptors (Lipinski definition) is 2. The summed E-state index contributed by atoms with van der Waals surface area (Å²) in [7, 11) is 0. The summed E-state index contributed by atoms with van der Waals surface area (Å²) in [6.07, 6.45) is 3.15. The third-order valence-corrected chi connectivity index (χ3v) is 5.97. The largest absolute Gasteiger partial charge is 0.481 e. The van der Waals surface area contributed by atoms with E-state index in [-0.39, 0.29) is 0 Å². The second-order valence-corrected chi connectivity index (χ2v) is 8.01. The standard InChI is InChI=1S/C27H27NO3/c29-26(17-12-19-10-13-21(14-11-19)20-6-2-1-3-7-20)24(27(30)31)16-15-22-18-28-25-9-5-4-8-23(22)25/h1-11,13-14,18,24,26,28-29H,12,15-17H2,(H,30,31). The van der Waals surface area contributed by atoms with E-state index in [1.54, 1.807) is 0 Å². The Hall–Kier alpha value is -3.37. The maximum absolute atomic E-state index is 11.8. The number of H-pyrrole nitrogens is 1. The molecular formula is C27H27NO3. The molecular weight excluding hydrogens is 386 g/mol. The maximum Gasteiger partial charge on any atom is 0.309 e. The molecule has 4 heteroatoms. The minimum absolute atomic E-state index is 0.408. The third-order valence-electron chi connectivity index (χ3n) is 5.97. The number of aromatic amines is 1. The van der Waals surface area contributed by atoms with Gasteiger partial charge < -0.3 is 15.2 Å². The van der Waals surface area contributed by atoms with Gasteiger partial charge in [-0.1, -0.05) is 72.8 Å². The molecule has 3 N–H and O–H groups in total. The highest BCUT2D eigenvalue weighted by molar-refractivity contribution is 5.83. The van der Waals surface area contributed by atoms with Crippen LogP contribution in [0.1, 0.15) is 24.0 Å². The van der Waals surface area contributed by atoms with Gasteiger partial charge in [-0.3, -0.25) is 4.79 Å². The van der Waals surface area contributed by atoms with Crippen molar-refractivity contribution in [3.05, 3.63) is 96.2 Å². The maximum atomic E-state index is 11.8. The zero-order valence-electron chi connectivity index (χ0n) is 17.4. The van der Waals surface area contributed by atoms with Gasteiger partial charge in [-0.05, 0) is 54.0 Å². The zero-order chi connectivity index (χ0) is 21.6. The Labute approximate surface area is 182 Å². The zero-order valence-corrected chi connectivity index (χ0v) is 17.4. The molecule has 2 unspecified atom stereocenters. The van der Waals surface area contributed by atoms with Gasteiger partial charge in [0.1, 0.15) is 0 Å². The van der Waals surface area contributed by atoms with Crippen LogP contribution in [0.25, 0.3) is 22.0 Å².